The third-order valence-electron chi connectivity index (χ3n) is 2.85. The molecule has 0 aromatic carbocycles. The smallest absolute Gasteiger partial charge is 0.315 e. The number of ether oxygens (including phenoxy) is 2. The van der Waals surface area contributed by atoms with Crippen molar-refractivity contribution in [1.29, 1.82) is 0 Å². The van der Waals surface area contributed by atoms with Gasteiger partial charge in [0.1, 0.15) is 18.6 Å². The average Bonchev–Trinajstić information content (AvgIpc) is 2.35. The lowest BCUT2D eigenvalue weighted by molar-refractivity contribution is -0.162. The molecule has 0 heterocycles. The minimum Gasteiger partial charge on any atom is -0.462 e. The van der Waals surface area contributed by atoms with Gasteiger partial charge in [-0.25, -0.2) is 0 Å². The van der Waals surface area contributed by atoms with Crippen molar-refractivity contribution in [3.63, 3.8) is 0 Å². The van der Waals surface area contributed by atoms with Crippen molar-refractivity contribution >= 4 is 17.8 Å². The van der Waals surface area contributed by atoms with Gasteiger partial charge < -0.3 is 14.8 Å². The molecule has 0 aliphatic carbocycles. The molecule has 0 fully saturated rings. The summed E-state index contributed by atoms with van der Waals surface area (Å²) in [6, 6.07) is 0. The van der Waals surface area contributed by atoms with E-state index in [9.17, 15) is 14.4 Å². The van der Waals surface area contributed by atoms with E-state index in [-0.39, 0.29) is 18.5 Å². The Morgan fingerprint density at radius 3 is 2.14 bits per heavy atom. The molecule has 122 valence electrons. The molecule has 21 heavy (non-hydrogen) atoms. The van der Waals surface area contributed by atoms with Gasteiger partial charge in [0.05, 0.1) is 5.41 Å². The van der Waals surface area contributed by atoms with Gasteiger partial charge in [0, 0.05) is 13.5 Å². The van der Waals surface area contributed by atoms with Gasteiger partial charge in [-0.1, -0.05) is 6.92 Å². The van der Waals surface area contributed by atoms with Gasteiger partial charge in [-0.3, -0.25) is 14.4 Å². The van der Waals surface area contributed by atoms with E-state index in [2.05, 4.69) is 5.32 Å². The second-order valence-corrected chi connectivity index (χ2v) is 6.07. The largest absolute Gasteiger partial charge is 0.462 e. The number of hydrogen-bond donors (Lipinski definition) is 1. The normalized spacial score (nSPS) is 14.0. The molecule has 0 bridgehead atoms. The van der Waals surface area contributed by atoms with Gasteiger partial charge in [-0.05, 0) is 34.1 Å². The number of nitrogens with one attached hydrogen (secondary N) is 1. The fourth-order valence-electron chi connectivity index (χ4n) is 1.53. The number of esters is 2. The topological polar surface area (TPSA) is 81.7 Å². The summed E-state index contributed by atoms with van der Waals surface area (Å²) in [6.07, 6.45) is 0.0236. The molecule has 0 radical (unpaired) electrons. The van der Waals surface area contributed by atoms with E-state index in [1.807, 2.05) is 6.92 Å². The number of carbonyl (C=O) groups excluding carboxylic acids is 3. The van der Waals surface area contributed by atoms with Crippen molar-refractivity contribution in [2.24, 2.45) is 5.41 Å². The predicted octanol–water partition coefficient (Wildman–Crippen LogP) is 1.81. The third kappa shape index (κ3) is 8.32. The molecule has 2 atom stereocenters. The van der Waals surface area contributed by atoms with E-state index < -0.39 is 23.4 Å². The summed E-state index contributed by atoms with van der Waals surface area (Å²) < 4.78 is 10.5. The van der Waals surface area contributed by atoms with E-state index >= 15 is 0 Å². The number of rotatable bonds is 7. The van der Waals surface area contributed by atoms with E-state index in [0.29, 0.717) is 12.8 Å². The summed E-state index contributed by atoms with van der Waals surface area (Å²) in [4.78, 5) is 34.4. The molecule has 0 aromatic heterocycles. The van der Waals surface area contributed by atoms with Crippen molar-refractivity contribution in [1.82, 2.24) is 5.32 Å². The molecule has 0 aliphatic heterocycles. The van der Waals surface area contributed by atoms with E-state index in [1.54, 1.807) is 27.7 Å². The molecule has 1 amide bonds. The highest BCUT2D eigenvalue weighted by molar-refractivity contribution is 5.94. The SMILES string of the molecule is CCC(CC(C)OC(=O)CC(=O)NC)OC(=O)C(C)(C)C. The van der Waals surface area contributed by atoms with Crippen LogP contribution in [0.1, 0.15) is 53.9 Å². The molecule has 6 nitrogen and oxygen atoms in total. The Kier molecular flexibility index (Phi) is 7.99. The van der Waals surface area contributed by atoms with Crippen LogP contribution in [0.3, 0.4) is 0 Å². The number of hydrogen-bond acceptors (Lipinski definition) is 5. The van der Waals surface area contributed by atoms with E-state index in [4.69, 9.17) is 9.47 Å². The van der Waals surface area contributed by atoms with Gasteiger partial charge in [0.2, 0.25) is 5.91 Å². The highest BCUT2D eigenvalue weighted by Gasteiger charge is 2.27. The van der Waals surface area contributed by atoms with Crippen molar-refractivity contribution < 1.29 is 23.9 Å². The Labute approximate surface area is 126 Å². The highest BCUT2D eigenvalue weighted by atomic mass is 16.6. The van der Waals surface area contributed by atoms with Crippen LogP contribution < -0.4 is 5.32 Å². The van der Waals surface area contributed by atoms with Gasteiger partial charge >= 0.3 is 11.9 Å². The molecule has 0 spiro atoms. The summed E-state index contributed by atoms with van der Waals surface area (Å²) in [6.45, 7) is 8.98. The lowest BCUT2D eigenvalue weighted by Gasteiger charge is -2.24. The van der Waals surface area contributed by atoms with Crippen molar-refractivity contribution in [2.45, 2.75) is 66.1 Å². The fraction of sp³-hybridized carbons (Fsp3) is 0.800. The highest BCUT2D eigenvalue weighted by Crippen LogP contribution is 2.19. The standard InChI is InChI=1S/C15H27NO5/c1-7-11(21-14(19)15(3,4)5)8-10(2)20-13(18)9-12(17)16-6/h10-11H,7-9H2,1-6H3,(H,16,17). The molecule has 0 saturated carbocycles. The zero-order chi connectivity index (χ0) is 16.6. The molecule has 0 saturated heterocycles. The predicted molar refractivity (Wildman–Crippen MR) is 78.5 cm³/mol. The summed E-state index contributed by atoms with van der Waals surface area (Å²) in [5, 5.41) is 2.35. The quantitative estimate of drug-likeness (QED) is 0.573. The maximum Gasteiger partial charge on any atom is 0.315 e. The molecule has 0 aliphatic rings. The second-order valence-electron chi connectivity index (χ2n) is 6.07. The molecule has 2 unspecified atom stereocenters. The van der Waals surface area contributed by atoms with Gasteiger partial charge in [0.25, 0.3) is 0 Å². The van der Waals surface area contributed by atoms with Crippen LogP contribution in [-0.4, -0.2) is 37.1 Å². The minimum absolute atomic E-state index is 0.279. The first-order valence-corrected chi connectivity index (χ1v) is 7.21. The molecular weight excluding hydrogens is 274 g/mol. The van der Waals surface area contributed by atoms with Crippen LogP contribution in [0.5, 0.6) is 0 Å². The zero-order valence-corrected chi connectivity index (χ0v) is 13.8. The van der Waals surface area contributed by atoms with Gasteiger partial charge in [0.15, 0.2) is 0 Å². The Bertz CT molecular complexity index is 373. The van der Waals surface area contributed by atoms with Crippen LogP contribution in [0.4, 0.5) is 0 Å². The molecule has 0 aromatic rings. The van der Waals surface area contributed by atoms with Crippen LogP contribution >= 0.6 is 0 Å². The van der Waals surface area contributed by atoms with Crippen molar-refractivity contribution in [3.05, 3.63) is 0 Å². The third-order valence-corrected chi connectivity index (χ3v) is 2.85. The first-order valence-electron chi connectivity index (χ1n) is 7.21. The first kappa shape index (κ1) is 19.4. The van der Waals surface area contributed by atoms with Crippen LogP contribution in [0.25, 0.3) is 0 Å². The molecule has 0 rings (SSSR count). The van der Waals surface area contributed by atoms with Crippen LogP contribution in [-0.2, 0) is 23.9 Å². The monoisotopic (exact) mass is 301 g/mol. The number of amides is 1. The van der Waals surface area contributed by atoms with Crippen LogP contribution in [0, 0.1) is 5.41 Å². The lowest BCUT2D eigenvalue weighted by atomic mass is 9.97. The molecule has 6 heteroatoms. The van der Waals surface area contributed by atoms with E-state index in [1.165, 1.54) is 7.05 Å². The van der Waals surface area contributed by atoms with E-state index in [0.717, 1.165) is 0 Å². The van der Waals surface area contributed by atoms with Gasteiger partial charge in [-0.2, -0.15) is 0 Å². The summed E-state index contributed by atoms with van der Waals surface area (Å²) in [7, 11) is 1.46. The van der Waals surface area contributed by atoms with Gasteiger partial charge in [-0.15, -0.1) is 0 Å². The van der Waals surface area contributed by atoms with Crippen molar-refractivity contribution in [3.8, 4) is 0 Å². The average molecular weight is 301 g/mol. The minimum atomic E-state index is -0.584. The van der Waals surface area contributed by atoms with Crippen molar-refractivity contribution in [2.75, 3.05) is 7.05 Å². The summed E-state index contributed by atoms with van der Waals surface area (Å²) in [5.74, 6) is -1.25. The Hall–Kier alpha value is -1.59. The molecular formula is C15H27NO5. The Morgan fingerprint density at radius 2 is 1.71 bits per heavy atom. The maximum atomic E-state index is 11.8. The summed E-state index contributed by atoms with van der Waals surface area (Å²) in [5.41, 5.74) is -0.563. The van der Waals surface area contributed by atoms with Crippen LogP contribution in [0.2, 0.25) is 0 Å². The Morgan fingerprint density at radius 1 is 1.14 bits per heavy atom. The molecule has 1 N–H and O–H groups in total. The summed E-state index contributed by atoms with van der Waals surface area (Å²) >= 11 is 0. The Balaban J connectivity index is 4.33. The second kappa shape index (κ2) is 8.64. The maximum absolute atomic E-state index is 11.8. The zero-order valence-electron chi connectivity index (χ0n) is 13.8. The number of carbonyl (C=O) groups is 3. The van der Waals surface area contributed by atoms with Crippen LogP contribution in [0.15, 0.2) is 0 Å². The lowest BCUT2D eigenvalue weighted by Crippen LogP contribution is -2.31. The fourth-order valence-corrected chi connectivity index (χ4v) is 1.53. The first-order chi connectivity index (χ1) is 9.59.